The van der Waals surface area contributed by atoms with Crippen LogP contribution < -0.4 is 5.32 Å². The zero-order valence-corrected chi connectivity index (χ0v) is 11.7. The Labute approximate surface area is 122 Å². The first kappa shape index (κ1) is 13.9. The summed E-state index contributed by atoms with van der Waals surface area (Å²) in [4.78, 5) is 12.0. The third-order valence-corrected chi connectivity index (χ3v) is 3.98. The summed E-state index contributed by atoms with van der Waals surface area (Å²) in [5, 5.41) is 2.97. The second-order valence-corrected chi connectivity index (χ2v) is 5.43. The van der Waals surface area contributed by atoms with Crippen molar-refractivity contribution in [3.8, 4) is 0 Å². The van der Waals surface area contributed by atoms with Gasteiger partial charge in [-0.15, -0.1) is 0 Å². The summed E-state index contributed by atoms with van der Waals surface area (Å²) in [6.07, 6.45) is 4.14. The van der Waals surface area contributed by atoms with Crippen molar-refractivity contribution in [3.05, 3.63) is 47.7 Å². The lowest BCUT2D eigenvalue weighted by Gasteiger charge is -2.18. The van der Waals surface area contributed by atoms with Crippen molar-refractivity contribution in [1.82, 2.24) is 5.32 Å². The van der Waals surface area contributed by atoms with Gasteiger partial charge in [0, 0.05) is 6.04 Å². The molecule has 0 radical (unpaired) electrons. The number of carbonyl (C=O) groups is 1. The van der Waals surface area contributed by atoms with Crippen molar-refractivity contribution >= 4 is 5.91 Å². The number of ether oxygens (including phenoxy) is 2. The van der Waals surface area contributed by atoms with Crippen LogP contribution >= 0.6 is 0 Å². The molecular weight excluding hydrogens is 273 g/mol. The van der Waals surface area contributed by atoms with Gasteiger partial charge in [0.15, 0.2) is 0 Å². The second-order valence-electron chi connectivity index (χ2n) is 5.43. The molecule has 4 nitrogen and oxygen atoms in total. The Balaban J connectivity index is 1.56. The predicted octanol–water partition coefficient (Wildman–Crippen LogP) is 2.47. The molecule has 0 aromatic heterocycles. The molecule has 3 rings (SSSR count). The number of halogens is 1. The van der Waals surface area contributed by atoms with Gasteiger partial charge in [-0.2, -0.15) is 0 Å². The van der Waals surface area contributed by atoms with Crippen LogP contribution in [0.25, 0.3) is 0 Å². The fraction of sp³-hybridized carbons (Fsp3) is 0.438. The molecule has 0 bridgehead atoms. The van der Waals surface area contributed by atoms with Crippen molar-refractivity contribution in [3.63, 3.8) is 0 Å². The first-order valence-corrected chi connectivity index (χ1v) is 7.23. The maximum atomic E-state index is 12.9. The van der Waals surface area contributed by atoms with E-state index in [1.54, 1.807) is 0 Å². The fourth-order valence-electron chi connectivity index (χ4n) is 2.89. The van der Waals surface area contributed by atoms with E-state index in [0.29, 0.717) is 19.1 Å². The van der Waals surface area contributed by atoms with Crippen LogP contribution in [0.4, 0.5) is 4.39 Å². The molecule has 2 atom stereocenters. The molecular formula is C16H18FNO3. The molecule has 1 aromatic carbocycles. The molecule has 0 spiro atoms. The minimum atomic E-state index is -0.223. The Bertz CT molecular complexity index is 541. The summed E-state index contributed by atoms with van der Waals surface area (Å²) in [5.41, 5.74) is 1.13. The molecule has 5 heteroatoms. The van der Waals surface area contributed by atoms with Gasteiger partial charge in [-0.25, -0.2) is 4.39 Å². The zero-order valence-electron chi connectivity index (χ0n) is 11.7. The number of benzene rings is 1. The van der Waals surface area contributed by atoms with E-state index in [4.69, 9.17) is 9.47 Å². The third kappa shape index (κ3) is 3.35. The van der Waals surface area contributed by atoms with Crippen LogP contribution in [0, 0.1) is 5.82 Å². The van der Waals surface area contributed by atoms with Gasteiger partial charge in [0.25, 0.3) is 5.91 Å². The number of rotatable bonds is 3. The van der Waals surface area contributed by atoms with Crippen molar-refractivity contribution < 1.29 is 18.7 Å². The Kier molecular flexibility index (Phi) is 4.08. The summed E-state index contributed by atoms with van der Waals surface area (Å²) in [6.45, 7) is 0.884. The van der Waals surface area contributed by atoms with Crippen LogP contribution in [0.5, 0.6) is 0 Å². The molecule has 112 valence electrons. The lowest BCUT2D eigenvalue weighted by atomic mass is 9.97. The smallest absolute Gasteiger partial charge is 0.289 e. The van der Waals surface area contributed by atoms with Gasteiger partial charge in [-0.05, 0) is 42.9 Å². The second kappa shape index (κ2) is 6.16. The molecule has 1 heterocycles. The highest BCUT2D eigenvalue weighted by molar-refractivity contribution is 5.91. The molecule has 1 saturated carbocycles. The van der Waals surface area contributed by atoms with Crippen LogP contribution in [-0.4, -0.2) is 25.2 Å². The standard InChI is InChI=1S/C16H18FNO3/c17-13-4-1-11(2-5-13)12-3-6-14(9-12)18-16(19)15-10-20-7-8-21-15/h1-2,4-5,10,12,14H,3,6-9H2,(H,18,19). The molecule has 1 fully saturated rings. The van der Waals surface area contributed by atoms with Crippen LogP contribution in [0.1, 0.15) is 30.7 Å². The molecule has 1 aliphatic carbocycles. The van der Waals surface area contributed by atoms with Gasteiger partial charge >= 0.3 is 0 Å². The monoisotopic (exact) mass is 291 g/mol. The predicted molar refractivity (Wildman–Crippen MR) is 74.9 cm³/mol. The number of hydrogen-bond acceptors (Lipinski definition) is 3. The molecule has 21 heavy (non-hydrogen) atoms. The normalized spacial score (nSPS) is 24.7. The van der Waals surface area contributed by atoms with Gasteiger partial charge in [0.05, 0.1) is 0 Å². The van der Waals surface area contributed by atoms with E-state index >= 15 is 0 Å². The van der Waals surface area contributed by atoms with Crippen LogP contribution in [0.3, 0.4) is 0 Å². The van der Waals surface area contributed by atoms with Crippen molar-refractivity contribution in [2.45, 2.75) is 31.2 Å². The van der Waals surface area contributed by atoms with Crippen LogP contribution in [0.15, 0.2) is 36.3 Å². The van der Waals surface area contributed by atoms with Crippen LogP contribution in [-0.2, 0) is 14.3 Å². The fourth-order valence-corrected chi connectivity index (χ4v) is 2.89. The van der Waals surface area contributed by atoms with E-state index in [2.05, 4.69) is 5.32 Å². The maximum absolute atomic E-state index is 12.9. The quantitative estimate of drug-likeness (QED) is 0.930. The van der Waals surface area contributed by atoms with E-state index in [0.717, 1.165) is 24.8 Å². The third-order valence-electron chi connectivity index (χ3n) is 3.98. The van der Waals surface area contributed by atoms with E-state index < -0.39 is 0 Å². The Morgan fingerprint density at radius 3 is 2.71 bits per heavy atom. The lowest BCUT2D eigenvalue weighted by molar-refractivity contribution is -0.122. The zero-order chi connectivity index (χ0) is 14.7. The van der Waals surface area contributed by atoms with Crippen molar-refractivity contribution in [2.24, 2.45) is 0 Å². The average molecular weight is 291 g/mol. The minimum absolute atomic E-state index is 0.124. The first-order chi connectivity index (χ1) is 10.2. The molecule has 2 unspecified atom stereocenters. The summed E-state index contributed by atoms with van der Waals surface area (Å²) in [6, 6.07) is 6.74. The topological polar surface area (TPSA) is 47.6 Å². The summed E-state index contributed by atoms with van der Waals surface area (Å²) in [5.74, 6) is 0.169. The number of carbonyl (C=O) groups excluding carboxylic acids is 1. The highest BCUT2D eigenvalue weighted by atomic mass is 19.1. The Hall–Kier alpha value is -2.04. The van der Waals surface area contributed by atoms with E-state index in [1.807, 2.05) is 12.1 Å². The number of nitrogens with one attached hydrogen (secondary N) is 1. The highest BCUT2D eigenvalue weighted by Gasteiger charge is 2.28. The van der Waals surface area contributed by atoms with E-state index in [9.17, 15) is 9.18 Å². The van der Waals surface area contributed by atoms with Crippen molar-refractivity contribution in [1.29, 1.82) is 0 Å². The van der Waals surface area contributed by atoms with Gasteiger partial charge in [0.1, 0.15) is 25.3 Å². The van der Waals surface area contributed by atoms with Crippen LogP contribution in [0.2, 0.25) is 0 Å². The first-order valence-electron chi connectivity index (χ1n) is 7.23. The van der Waals surface area contributed by atoms with Gasteiger partial charge in [0.2, 0.25) is 5.76 Å². The SMILES string of the molecule is O=C(NC1CCC(c2ccc(F)cc2)C1)C1=COCCO1. The average Bonchev–Trinajstić information content (AvgIpc) is 2.97. The summed E-state index contributed by atoms with van der Waals surface area (Å²) in [7, 11) is 0. The number of hydrogen-bond donors (Lipinski definition) is 1. The van der Waals surface area contributed by atoms with Gasteiger partial charge < -0.3 is 14.8 Å². The molecule has 1 amide bonds. The Morgan fingerprint density at radius 2 is 2.00 bits per heavy atom. The maximum Gasteiger partial charge on any atom is 0.289 e. The van der Waals surface area contributed by atoms with Gasteiger partial charge in [-0.3, -0.25) is 4.79 Å². The summed E-state index contributed by atoms with van der Waals surface area (Å²) < 4.78 is 23.3. The van der Waals surface area contributed by atoms with E-state index in [-0.39, 0.29) is 23.5 Å². The molecule has 1 aliphatic heterocycles. The molecule has 1 aromatic rings. The summed E-state index contributed by atoms with van der Waals surface area (Å²) >= 11 is 0. The molecule has 2 aliphatic rings. The minimum Gasteiger partial charge on any atom is -0.494 e. The van der Waals surface area contributed by atoms with Gasteiger partial charge in [-0.1, -0.05) is 12.1 Å². The Morgan fingerprint density at radius 1 is 1.19 bits per heavy atom. The molecule has 0 saturated heterocycles. The number of amides is 1. The van der Waals surface area contributed by atoms with E-state index in [1.165, 1.54) is 18.4 Å². The highest BCUT2D eigenvalue weighted by Crippen LogP contribution is 2.34. The molecule has 1 N–H and O–H groups in total. The van der Waals surface area contributed by atoms with Crippen molar-refractivity contribution in [2.75, 3.05) is 13.2 Å². The lowest BCUT2D eigenvalue weighted by Crippen LogP contribution is -2.35. The largest absolute Gasteiger partial charge is 0.494 e.